The monoisotopic (exact) mass is 293 g/mol. The third kappa shape index (κ3) is 3.53. The largest absolute Gasteiger partial charge is 0.379 e. The molecule has 7 nitrogen and oxygen atoms in total. The summed E-state index contributed by atoms with van der Waals surface area (Å²) in [5, 5.41) is 21.5. The molecule has 0 atom stereocenters. The minimum Gasteiger partial charge on any atom is -0.379 e. The topological polar surface area (TPSA) is 85.9 Å². The van der Waals surface area contributed by atoms with Gasteiger partial charge >= 0.3 is 5.69 Å². The van der Waals surface area contributed by atoms with E-state index in [0.717, 1.165) is 12.1 Å². The fourth-order valence-corrected chi connectivity index (χ4v) is 1.66. The zero-order valence-electron chi connectivity index (χ0n) is 12.0. The van der Waals surface area contributed by atoms with Crippen LogP contribution in [0.3, 0.4) is 0 Å². The van der Waals surface area contributed by atoms with Crippen LogP contribution in [0.4, 0.5) is 15.8 Å². The van der Waals surface area contributed by atoms with E-state index < -0.39 is 16.4 Å². The molecular formula is C13H16FN5O2. The second kappa shape index (κ2) is 5.47. The Balaban J connectivity index is 2.05. The lowest BCUT2D eigenvalue weighted by molar-refractivity contribution is -0.387. The number of rotatable bonds is 4. The molecule has 0 fully saturated rings. The van der Waals surface area contributed by atoms with Gasteiger partial charge < -0.3 is 5.32 Å². The summed E-state index contributed by atoms with van der Waals surface area (Å²) in [6, 6.07) is 3.67. The summed E-state index contributed by atoms with van der Waals surface area (Å²) in [6.45, 7) is 6.37. The van der Waals surface area contributed by atoms with Gasteiger partial charge in [-0.25, -0.2) is 4.68 Å². The average Bonchev–Trinajstić information content (AvgIpc) is 2.84. The first kappa shape index (κ1) is 14.9. The Morgan fingerprint density at radius 1 is 1.43 bits per heavy atom. The summed E-state index contributed by atoms with van der Waals surface area (Å²) >= 11 is 0. The molecule has 112 valence electrons. The van der Waals surface area contributed by atoms with E-state index in [9.17, 15) is 14.5 Å². The zero-order valence-corrected chi connectivity index (χ0v) is 12.0. The van der Waals surface area contributed by atoms with Crippen LogP contribution in [0, 0.1) is 15.9 Å². The minimum absolute atomic E-state index is 0.162. The predicted molar refractivity (Wildman–Crippen MR) is 75.4 cm³/mol. The molecule has 0 amide bonds. The number of hydrogen-bond acceptors (Lipinski definition) is 5. The van der Waals surface area contributed by atoms with Gasteiger partial charge in [-0.1, -0.05) is 5.21 Å². The van der Waals surface area contributed by atoms with Crippen molar-refractivity contribution >= 4 is 11.4 Å². The molecule has 0 saturated carbocycles. The number of aromatic nitrogens is 3. The van der Waals surface area contributed by atoms with Crippen molar-refractivity contribution in [2.45, 2.75) is 32.9 Å². The first-order valence-corrected chi connectivity index (χ1v) is 6.37. The molecule has 1 aromatic heterocycles. The number of nitrogens with one attached hydrogen (secondary N) is 1. The second-order valence-corrected chi connectivity index (χ2v) is 5.60. The molecule has 0 aliphatic heterocycles. The number of nitro groups is 1. The van der Waals surface area contributed by atoms with Crippen molar-refractivity contribution in [1.82, 2.24) is 15.0 Å². The van der Waals surface area contributed by atoms with Crippen LogP contribution in [-0.2, 0) is 12.1 Å². The zero-order chi connectivity index (χ0) is 15.6. The Labute approximate surface area is 120 Å². The normalized spacial score (nSPS) is 11.4. The standard InChI is InChI=1S/C13H16FN5O2/c1-13(2,3)18-8-10(16-17-18)7-15-9-4-5-12(19(20)21)11(14)6-9/h4-6,8,15H,7H2,1-3H3. The third-order valence-corrected chi connectivity index (χ3v) is 2.85. The fraction of sp³-hybridized carbons (Fsp3) is 0.385. The highest BCUT2D eigenvalue weighted by Gasteiger charge is 2.16. The van der Waals surface area contributed by atoms with E-state index in [1.54, 1.807) is 10.9 Å². The molecular weight excluding hydrogens is 277 g/mol. The summed E-state index contributed by atoms with van der Waals surface area (Å²) in [5.74, 6) is -0.872. The molecule has 0 bridgehead atoms. The number of nitro benzene ring substituents is 1. The van der Waals surface area contributed by atoms with Crippen LogP contribution >= 0.6 is 0 Å². The molecule has 0 aliphatic rings. The molecule has 0 aliphatic carbocycles. The van der Waals surface area contributed by atoms with Crippen molar-refractivity contribution in [3.05, 3.63) is 46.0 Å². The molecule has 21 heavy (non-hydrogen) atoms. The molecule has 8 heteroatoms. The van der Waals surface area contributed by atoms with E-state index in [-0.39, 0.29) is 5.54 Å². The van der Waals surface area contributed by atoms with Crippen molar-refractivity contribution < 1.29 is 9.31 Å². The summed E-state index contributed by atoms with van der Waals surface area (Å²) < 4.78 is 15.2. The molecule has 0 spiro atoms. The molecule has 1 aromatic carbocycles. The lowest BCUT2D eigenvalue weighted by Gasteiger charge is -2.17. The number of benzene rings is 1. The molecule has 0 radical (unpaired) electrons. The lowest BCUT2D eigenvalue weighted by Crippen LogP contribution is -2.22. The Bertz CT molecular complexity index is 663. The highest BCUT2D eigenvalue weighted by Crippen LogP contribution is 2.21. The molecule has 0 saturated heterocycles. The van der Waals surface area contributed by atoms with Crippen molar-refractivity contribution in [3.63, 3.8) is 0 Å². The van der Waals surface area contributed by atoms with Gasteiger partial charge in [0.05, 0.1) is 23.2 Å². The maximum Gasteiger partial charge on any atom is 0.304 e. The van der Waals surface area contributed by atoms with E-state index >= 15 is 0 Å². The predicted octanol–water partition coefficient (Wildman–Crippen LogP) is 2.69. The lowest BCUT2D eigenvalue weighted by atomic mass is 10.1. The summed E-state index contributed by atoms with van der Waals surface area (Å²) in [6.07, 6.45) is 1.80. The van der Waals surface area contributed by atoms with Gasteiger partial charge in [0.1, 0.15) is 5.69 Å². The molecule has 1 N–H and O–H groups in total. The van der Waals surface area contributed by atoms with E-state index in [1.807, 2.05) is 20.8 Å². The van der Waals surface area contributed by atoms with E-state index in [0.29, 0.717) is 17.9 Å². The van der Waals surface area contributed by atoms with Crippen molar-refractivity contribution in [2.75, 3.05) is 5.32 Å². The number of anilines is 1. The molecule has 2 rings (SSSR count). The van der Waals surface area contributed by atoms with Gasteiger partial charge in [-0.2, -0.15) is 4.39 Å². The summed E-state index contributed by atoms with van der Waals surface area (Å²) in [7, 11) is 0. The number of hydrogen-bond donors (Lipinski definition) is 1. The van der Waals surface area contributed by atoms with Gasteiger partial charge in [0.15, 0.2) is 0 Å². The van der Waals surface area contributed by atoms with Gasteiger partial charge in [0.2, 0.25) is 5.82 Å². The van der Waals surface area contributed by atoms with Gasteiger partial charge in [0, 0.05) is 17.8 Å². The van der Waals surface area contributed by atoms with Gasteiger partial charge in [-0.15, -0.1) is 5.10 Å². The SMILES string of the molecule is CC(C)(C)n1cc(CNc2ccc([N+](=O)[O-])c(F)c2)nn1. The van der Waals surface area contributed by atoms with E-state index in [4.69, 9.17) is 0 Å². The number of halogens is 1. The van der Waals surface area contributed by atoms with Crippen LogP contribution in [0.25, 0.3) is 0 Å². The summed E-state index contributed by atoms with van der Waals surface area (Å²) in [4.78, 5) is 9.78. The second-order valence-electron chi connectivity index (χ2n) is 5.60. The molecule has 2 aromatic rings. The van der Waals surface area contributed by atoms with Gasteiger partial charge in [0.25, 0.3) is 0 Å². The highest BCUT2D eigenvalue weighted by molar-refractivity contribution is 5.49. The van der Waals surface area contributed by atoms with Crippen LogP contribution in [-0.4, -0.2) is 19.9 Å². The number of nitrogens with zero attached hydrogens (tertiary/aromatic N) is 4. The Hall–Kier alpha value is -2.51. The fourth-order valence-electron chi connectivity index (χ4n) is 1.66. The quantitative estimate of drug-likeness (QED) is 0.692. The van der Waals surface area contributed by atoms with Crippen LogP contribution in [0.2, 0.25) is 0 Å². The van der Waals surface area contributed by atoms with E-state index in [1.165, 1.54) is 6.07 Å². The Morgan fingerprint density at radius 2 is 2.14 bits per heavy atom. The van der Waals surface area contributed by atoms with Gasteiger partial charge in [-0.3, -0.25) is 10.1 Å². The minimum atomic E-state index is -0.872. The Kier molecular flexibility index (Phi) is 3.88. The maximum atomic E-state index is 13.5. The van der Waals surface area contributed by atoms with E-state index in [2.05, 4.69) is 15.6 Å². The van der Waals surface area contributed by atoms with Crippen LogP contribution < -0.4 is 5.32 Å². The Morgan fingerprint density at radius 3 is 2.67 bits per heavy atom. The first-order chi connectivity index (χ1) is 9.77. The van der Waals surface area contributed by atoms with Crippen LogP contribution in [0.1, 0.15) is 26.5 Å². The van der Waals surface area contributed by atoms with Crippen molar-refractivity contribution in [2.24, 2.45) is 0 Å². The van der Waals surface area contributed by atoms with Crippen molar-refractivity contribution in [3.8, 4) is 0 Å². The first-order valence-electron chi connectivity index (χ1n) is 6.37. The molecule has 1 heterocycles. The highest BCUT2D eigenvalue weighted by atomic mass is 19.1. The maximum absolute atomic E-state index is 13.5. The van der Waals surface area contributed by atoms with Crippen molar-refractivity contribution in [1.29, 1.82) is 0 Å². The smallest absolute Gasteiger partial charge is 0.304 e. The summed E-state index contributed by atoms with van der Waals surface area (Å²) in [5.41, 5.74) is 0.441. The average molecular weight is 293 g/mol. The van der Waals surface area contributed by atoms with Crippen LogP contribution in [0.5, 0.6) is 0 Å². The third-order valence-electron chi connectivity index (χ3n) is 2.85. The van der Waals surface area contributed by atoms with Gasteiger partial charge in [-0.05, 0) is 26.8 Å². The molecule has 0 unspecified atom stereocenters. The van der Waals surface area contributed by atoms with Crippen LogP contribution in [0.15, 0.2) is 24.4 Å².